The Morgan fingerprint density at radius 3 is 2.48 bits per heavy atom. The van der Waals surface area contributed by atoms with Crippen LogP contribution in [0, 0.1) is 11.3 Å². The molecule has 0 saturated carbocycles. The lowest BCUT2D eigenvalue weighted by molar-refractivity contribution is -0.148. The molecule has 1 aliphatic heterocycles. The van der Waals surface area contributed by atoms with Gasteiger partial charge in [-0.05, 0) is 64.2 Å². The van der Waals surface area contributed by atoms with Gasteiger partial charge in [0.2, 0.25) is 11.8 Å². The minimum absolute atomic E-state index is 0.268. The molecule has 2 unspecified atom stereocenters. The molecule has 228 valence electrons. The van der Waals surface area contributed by atoms with E-state index in [1.807, 2.05) is 43.3 Å². The molecule has 11 heteroatoms. The molecule has 42 heavy (non-hydrogen) atoms. The number of ether oxygens (including phenoxy) is 1. The SMILES string of the molecule is COC(=O)C(C)(C)/C=C/c1ccc2ccc([C@@H](C)NC(=O)[C@@H]3CCCN(C(=O)C(C)NC(=O)C(O)C(C)C)N3)nc2c1. The Balaban J connectivity index is 1.64. The normalized spacial score (nSPS) is 18.0. The molecule has 0 bridgehead atoms. The van der Waals surface area contributed by atoms with Gasteiger partial charge in [-0.1, -0.05) is 44.2 Å². The van der Waals surface area contributed by atoms with Gasteiger partial charge in [-0.3, -0.25) is 29.2 Å². The maximum Gasteiger partial charge on any atom is 0.315 e. The molecular formula is C31H43N5O6. The number of hydrazine groups is 1. The third-order valence-corrected chi connectivity index (χ3v) is 7.34. The molecule has 1 aromatic carbocycles. The van der Waals surface area contributed by atoms with E-state index in [2.05, 4.69) is 16.1 Å². The molecule has 1 aromatic heterocycles. The fourth-order valence-electron chi connectivity index (χ4n) is 4.55. The van der Waals surface area contributed by atoms with Crippen molar-refractivity contribution in [3.63, 3.8) is 0 Å². The minimum Gasteiger partial charge on any atom is -0.468 e. The number of amides is 3. The van der Waals surface area contributed by atoms with E-state index < -0.39 is 35.6 Å². The van der Waals surface area contributed by atoms with Crippen molar-refractivity contribution in [2.75, 3.05) is 13.7 Å². The second-order valence-electron chi connectivity index (χ2n) is 11.7. The maximum atomic E-state index is 13.1. The first-order valence-electron chi connectivity index (χ1n) is 14.3. The van der Waals surface area contributed by atoms with Gasteiger partial charge in [0.1, 0.15) is 18.2 Å². The van der Waals surface area contributed by atoms with E-state index in [4.69, 9.17) is 9.72 Å². The number of carbonyl (C=O) groups is 4. The van der Waals surface area contributed by atoms with Gasteiger partial charge in [-0.25, -0.2) is 5.43 Å². The predicted molar refractivity (Wildman–Crippen MR) is 159 cm³/mol. The predicted octanol–water partition coefficient (Wildman–Crippen LogP) is 2.64. The molecule has 1 fully saturated rings. The molecular weight excluding hydrogens is 538 g/mol. The average molecular weight is 582 g/mol. The van der Waals surface area contributed by atoms with Gasteiger partial charge in [0.25, 0.3) is 5.91 Å². The number of carbonyl (C=O) groups excluding carboxylic acids is 4. The van der Waals surface area contributed by atoms with Crippen molar-refractivity contribution in [3.05, 3.63) is 47.7 Å². The van der Waals surface area contributed by atoms with Crippen molar-refractivity contribution in [1.29, 1.82) is 0 Å². The summed E-state index contributed by atoms with van der Waals surface area (Å²) in [4.78, 5) is 55.0. The molecule has 1 aliphatic rings. The standard InChI is InChI=1S/C31H43N5O6/c1-18(2)26(37)28(39)33-20(4)29(40)36-16-8-9-24(35-36)27(38)32-19(3)23-13-12-22-11-10-21(17-25(22)34-23)14-15-31(5,6)30(41)42-7/h10-15,17-20,24,26,35,37H,8-9,16H2,1-7H3,(H,32,38)(H,33,39)/b15-14+/t19-,20?,24+,26?/m1/s1. The van der Waals surface area contributed by atoms with Crippen molar-refractivity contribution >= 4 is 40.7 Å². The van der Waals surface area contributed by atoms with Crippen LogP contribution in [0.4, 0.5) is 0 Å². The second kappa shape index (κ2) is 13.9. The highest BCUT2D eigenvalue weighted by Gasteiger charge is 2.32. The lowest BCUT2D eigenvalue weighted by atomic mass is 9.92. The van der Waals surface area contributed by atoms with Crippen LogP contribution in [0.1, 0.15) is 71.7 Å². The number of aromatic nitrogens is 1. The lowest BCUT2D eigenvalue weighted by Gasteiger charge is -2.35. The van der Waals surface area contributed by atoms with Crippen LogP contribution in [0.5, 0.6) is 0 Å². The number of aliphatic hydroxyl groups excluding tert-OH is 1. The first kappa shape index (κ1) is 32.7. The number of nitrogens with one attached hydrogen (secondary N) is 3. The molecule has 3 rings (SSSR count). The summed E-state index contributed by atoms with van der Waals surface area (Å²) >= 11 is 0. The number of methoxy groups -OCH3 is 1. The summed E-state index contributed by atoms with van der Waals surface area (Å²) in [6.45, 7) is 10.8. The highest BCUT2D eigenvalue weighted by molar-refractivity contribution is 5.89. The molecule has 11 nitrogen and oxygen atoms in total. The summed E-state index contributed by atoms with van der Waals surface area (Å²) in [6.07, 6.45) is 3.59. The number of aliphatic hydroxyl groups is 1. The first-order chi connectivity index (χ1) is 19.7. The number of benzene rings is 1. The molecule has 4 atom stereocenters. The minimum atomic E-state index is -1.21. The number of pyridine rings is 1. The Morgan fingerprint density at radius 2 is 1.81 bits per heavy atom. The first-order valence-corrected chi connectivity index (χ1v) is 14.3. The molecule has 3 amide bonds. The fourth-order valence-corrected chi connectivity index (χ4v) is 4.55. The Labute approximate surface area is 247 Å². The van der Waals surface area contributed by atoms with E-state index >= 15 is 0 Å². The highest BCUT2D eigenvalue weighted by atomic mass is 16.5. The van der Waals surface area contributed by atoms with Crippen molar-refractivity contribution in [2.24, 2.45) is 11.3 Å². The van der Waals surface area contributed by atoms with E-state index in [1.165, 1.54) is 12.1 Å². The van der Waals surface area contributed by atoms with Gasteiger partial charge >= 0.3 is 5.97 Å². The summed E-state index contributed by atoms with van der Waals surface area (Å²) in [7, 11) is 1.36. The molecule has 4 N–H and O–H groups in total. The van der Waals surface area contributed by atoms with E-state index in [0.717, 1.165) is 16.5 Å². The van der Waals surface area contributed by atoms with Crippen LogP contribution < -0.4 is 16.1 Å². The summed E-state index contributed by atoms with van der Waals surface area (Å²) in [5.41, 5.74) is 4.52. The zero-order valence-corrected chi connectivity index (χ0v) is 25.4. The van der Waals surface area contributed by atoms with Gasteiger partial charge in [0.05, 0.1) is 29.8 Å². The fraction of sp³-hybridized carbons (Fsp3) is 0.516. The quantitative estimate of drug-likeness (QED) is 0.313. The zero-order chi connectivity index (χ0) is 31.2. The van der Waals surface area contributed by atoms with Crippen LogP contribution in [0.2, 0.25) is 0 Å². The Hall–Kier alpha value is -3.83. The third kappa shape index (κ3) is 8.13. The van der Waals surface area contributed by atoms with Crippen LogP contribution in [-0.4, -0.2) is 70.6 Å². The number of hydrogen-bond acceptors (Lipinski definition) is 8. The maximum absolute atomic E-state index is 13.1. The number of esters is 1. The van der Waals surface area contributed by atoms with Gasteiger partial charge in [-0.15, -0.1) is 0 Å². The Kier molecular flexibility index (Phi) is 10.8. The van der Waals surface area contributed by atoms with Crippen LogP contribution >= 0.6 is 0 Å². The number of hydrogen-bond donors (Lipinski definition) is 4. The van der Waals surface area contributed by atoms with Crippen molar-refractivity contribution in [1.82, 2.24) is 26.1 Å². The van der Waals surface area contributed by atoms with E-state index in [1.54, 1.807) is 40.7 Å². The van der Waals surface area contributed by atoms with E-state index in [-0.39, 0.29) is 23.7 Å². The smallest absolute Gasteiger partial charge is 0.315 e. The van der Waals surface area contributed by atoms with Crippen LogP contribution in [0.25, 0.3) is 17.0 Å². The number of rotatable bonds is 10. The molecule has 1 saturated heterocycles. The van der Waals surface area contributed by atoms with Crippen LogP contribution in [0.3, 0.4) is 0 Å². The lowest BCUT2D eigenvalue weighted by Crippen LogP contribution is -2.61. The average Bonchev–Trinajstić information content (AvgIpc) is 2.98. The largest absolute Gasteiger partial charge is 0.468 e. The molecule has 0 aliphatic carbocycles. The van der Waals surface area contributed by atoms with Crippen molar-refractivity contribution in [2.45, 2.75) is 78.6 Å². The summed E-state index contributed by atoms with van der Waals surface area (Å²) < 4.78 is 4.86. The number of nitrogens with zero attached hydrogens (tertiary/aromatic N) is 2. The van der Waals surface area contributed by atoms with Gasteiger partial charge < -0.3 is 20.5 Å². The van der Waals surface area contributed by atoms with E-state index in [0.29, 0.717) is 25.1 Å². The Morgan fingerprint density at radius 1 is 1.12 bits per heavy atom. The van der Waals surface area contributed by atoms with Crippen LogP contribution in [0.15, 0.2) is 36.4 Å². The summed E-state index contributed by atoms with van der Waals surface area (Å²) in [5, 5.41) is 17.8. The summed E-state index contributed by atoms with van der Waals surface area (Å²) in [6, 6.07) is 7.72. The van der Waals surface area contributed by atoms with Crippen molar-refractivity contribution in [3.8, 4) is 0 Å². The molecule has 0 spiro atoms. The highest BCUT2D eigenvalue weighted by Crippen LogP contribution is 2.23. The van der Waals surface area contributed by atoms with Crippen molar-refractivity contribution < 1.29 is 29.0 Å². The third-order valence-electron chi connectivity index (χ3n) is 7.34. The zero-order valence-electron chi connectivity index (χ0n) is 25.4. The van der Waals surface area contributed by atoms with E-state index in [9.17, 15) is 24.3 Å². The number of fused-ring (bicyclic) bond motifs is 1. The summed E-state index contributed by atoms with van der Waals surface area (Å²) in [5.74, 6) is -1.87. The molecule has 2 heterocycles. The monoisotopic (exact) mass is 581 g/mol. The Bertz CT molecular complexity index is 1340. The second-order valence-corrected chi connectivity index (χ2v) is 11.7. The molecule has 0 radical (unpaired) electrons. The topological polar surface area (TPSA) is 150 Å². The van der Waals surface area contributed by atoms with Gasteiger partial charge in [0, 0.05) is 11.9 Å². The van der Waals surface area contributed by atoms with Gasteiger partial charge in [-0.2, -0.15) is 0 Å². The molecule has 2 aromatic rings. The van der Waals surface area contributed by atoms with Crippen LogP contribution in [-0.2, 0) is 23.9 Å². The van der Waals surface area contributed by atoms with Gasteiger partial charge in [0.15, 0.2) is 0 Å².